The first kappa shape index (κ1) is 22.8. The summed E-state index contributed by atoms with van der Waals surface area (Å²) in [4.78, 5) is 11.4. The molecule has 34 heavy (non-hydrogen) atoms. The van der Waals surface area contributed by atoms with Crippen LogP contribution in [0.4, 0.5) is 0 Å². The fourth-order valence-corrected chi connectivity index (χ4v) is 10.7. The van der Waals surface area contributed by atoms with Crippen LogP contribution in [0.15, 0.2) is 12.1 Å². The molecular formula is C29H42N2O3. The van der Waals surface area contributed by atoms with Gasteiger partial charge in [0.15, 0.2) is 0 Å². The van der Waals surface area contributed by atoms with E-state index in [1.165, 1.54) is 63.4 Å². The zero-order valence-electron chi connectivity index (χ0n) is 21.1. The molecule has 186 valence electrons. The van der Waals surface area contributed by atoms with Crippen LogP contribution in [0.1, 0.15) is 101 Å². The van der Waals surface area contributed by atoms with Gasteiger partial charge in [0, 0.05) is 6.61 Å². The van der Waals surface area contributed by atoms with Gasteiger partial charge < -0.3 is 10.2 Å². The number of aromatic nitrogens is 2. The highest BCUT2D eigenvalue weighted by Gasteiger charge is 2.61. The molecule has 5 nitrogen and oxygen atoms in total. The number of aliphatic hydroxyl groups excluding tert-OH is 1. The van der Waals surface area contributed by atoms with Crippen molar-refractivity contribution in [2.45, 2.75) is 85.0 Å². The number of hydrogen-bond acceptors (Lipinski definition) is 3. The van der Waals surface area contributed by atoms with E-state index in [9.17, 15) is 15.0 Å². The summed E-state index contributed by atoms with van der Waals surface area (Å²) in [7, 11) is 0. The Kier molecular flexibility index (Phi) is 5.16. The van der Waals surface area contributed by atoms with Crippen LogP contribution in [0.25, 0.3) is 5.57 Å². The number of allylic oxidation sites excluding steroid dienone is 2. The predicted molar refractivity (Wildman–Crippen MR) is 132 cm³/mol. The van der Waals surface area contributed by atoms with Gasteiger partial charge in [-0.15, -0.1) is 0 Å². The Morgan fingerprint density at radius 1 is 1.03 bits per heavy atom. The second kappa shape index (κ2) is 7.69. The average molecular weight is 467 g/mol. The van der Waals surface area contributed by atoms with Crippen LogP contribution >= 0.6 is 0 Å². The molecule has 0 aliphatic heterocycles. The van der Waals surface area contributed by atoms with Crippen LogP contribution in [0.3, 0.4) is 0 Å². The van der Waals surface area contributed by atoms with Gasteiger partial charge >= 0.3 is 5.97 Å². The van der Waals surface area contributed by atoms with Crippen LogP contribution in [-0.2, 0) is 0 Å². The SMILES string of the molecule is CC1(C)C(c2cc(C(=O)O)[nH]n2)=CC[C@]2(C)C3CCC4C(CC[C@@]5(CO)CCCC45)C3CCC12. The van der Waals surface area contributed by atoms with Crippen molar-refractivity contribution in [2.75, 3.05) is 6.61 Å². The predicted octanol–water partition coefficient (Wildman–Crippen LogP) is 6.17. The molecule has 6 unspecified atom stereocenters. The fourth-order valence-electron chi connectivity index (χ4n) is 10.7. The van der Waals surface area contributed by atoms with Crippen LogP contribution in [0, 0.1) is 51.8 Å². The third-order valence-electron chi connectivity index (χ3n) is 12.0. The Hall–Kier alpha value is -1.62. The molecule has 1 aromatic rings. The summed E-state index contributed by atoms with van der Waals surface area (Å²) >= 11 is 0. The summed E-state index contributed by atoms with van der Waals surface area (Å²) < 4.78 is 0. The number of rotatable bonds is 3. The fraction of sp³-hybridized carbons (Fsp3) is 0.793. The molecule has 0 spiro atoms. The lowest BCUT2D eigenvalue weighted by Gasteiger charge is -2.64. The lowest BCUT2D eigenvalue weighted by atomic mass is 9.41. The van der Waals surface area contributed by atoms with E-state index in [1.54, 1.807) is 6.07 Å². The summed E-state index contributed by atoms with van der Waals surface area (Å²) in [5.41, 5.74) is 2.73. The monoisotopic (exact) mass is 466 g/mol. The van der Waals surface area contributed by atoms with Crippen LogP contribution in [0.2, 0.25) is 0 Å². The second-order valence-corrected chi connectivity index (χ2v) is 13.4. The Balaban J connectivity index is 1.29. The maximum atomic E-state index is 11.4. The Bertz CT molecular complexity index is 1010. The summed E-state index contributed by atoms with van der Waals surface area (Å²) in [6, 6.07) is 1.71. The number of fused-ring (bicyclic) bond motifs is 7. The van der Waals surface area contributed by atoms with Gasteiger partial charge in [-0.25, -0.2) is 4.79 Å². The molecule has 0 aromatic carbocycles. The van der Waals surface area contributed by atoms with Crippen molar-refractivity contribution >= 4 is 11.5 Å². The molecule has 1 aromatic heterocycles. The molecule has 5 aliphatic rings. The first-order valence-electron chi connectivity index (χ1n) is 13.8. The highest BCUT2D eigenvalue weighted by molar-refractivity contribution is 5.86. The maximum absolute atomic E-state index is 11.4. The number of carboxylic acid groups (broad SMARTS) is 1. The molecular weight excluding hydrogens is 424 g/mol. The topological polar surface area (TPSA) is 86.2 Å². The van der Waals surface area contributed by atoms with Crippen LogP contribution in [-0.4, -0.2) is 33.0 Å². The molecule has 0 amide bonds. The van der Waals surface area contributed by atoms with Gasteiger partial charge in [0.25, 0.3) is 0 Å². The van der Waals surface area contributed by atoms with Crippen molar-refractivity contribution in [3.05, 3.63) is 23.5 Å². The number of aliphatic hydroxyl groups is 1. The molecule has 5 heteroatoms. The normalized spacial score (nSPS) is 44.9. The minimum Gasteiger partial charge on any atom is -0.477 e. The van der Waals surface area contributed by atoms with Gasteiger partial charge in [-0.2, -0.15) is 5.10 Å². The van der Waals surface area contributed by atoms with E-state index in [1.807, 2.05) is 0 Å². The molecule has 6 rings (SSSR count). The van der Waals surface area contributed by atoms with Crippen molar-refractivity contribution in [3.63, 3.8) is 0 Å². The number of nitrogens with one attached hydrogen (secondary N) is 1. The van der Waals surface area contributed by atoms with E-state index in [4.69, 9.17) is 0 Å². The standard InChI is InChI=1S/C29H42N2O3/c1-27(2)22(23-15-24(26(33)34)31-30-23)11-13-28(3)20-8-6-19-17(18(20)7-9-25(27)28)10-14-29(16-32)12-4-5-21(19)29/h11,15,17-21,25,32H,4-10,12-14,16H2,1-3H3,(H,30,31)(H,33,34)/t17?,18?,19?,20?,21?,25?,28-,29-/m1/s1. The Morgan fingerprint density at radius 3 is 2.53 bits per heavy atom. The third kappa shape index (κ3) is 3.01. The molecule has 0 radical (unpaired) electrons. The van der Waals surface area contributed by atoms with E-state index in [0.717, 1.165) is 41.7 Å². The van der Waals surface area contributed by atoms with Gasteiger partial charge in [-0.3, -0.25) is 5.10 Å². The number of nitrogens with zero attached hydrogens (tertiary/aromatic N) is 1. The highest BCUT2D eigenvalue weighted by Crippen LogP contribution is 2.69. The summed E-state index contributed by atoms with van der Waals surface area (Å²) in [6.07, 6.45) is 15.3. The summed E-state index contributed by atoms with van der Waals surface area (Å²) in [6.45, 7) is 7.73. The maximum Gasteiger partial charge on any atom is 0.353 e. The Morgan fingerprint density at radius 2 is 1.79 bits per heavy atom. The molecule has 1 heterocycles. The lowest BCUT2D eigenvalue weighted by Crippen LogP contribution is -2.57. The average Bonchev–Trinajstić information content (AvgIpc) is 3.46. The van der Waals surface area contributed by atoms with Gasteiger partial charge in [-0.05, 0) is 121 Å². The smallest absolute Gasteiger partial charge is 0.353 e. The van der Waals surface area contributed by atoms with E-state index < -0.39 is 5.97 Å². The van der Waals surface area contributed by atoms with Gasteiger partial charge in [-0.1, -0.05) is 33.3 Å². The number of aromatic carboxylic acids is 1. The van der Waals surface area contributed by atoms with Crippen LogP contribution in [0.5, 0.6) is 0 Å². The lowest BCUT2D eigenvalue weighted by molar-refractivity contribution is -0.134. The largest absolute Gasteiger partial charge is 0.477 e. The second-order valence-electron chi connectivity index (χ2n) is 13.4. The van der Waals surface area contributed by atoms with Crippen molar-refractivity contribution < 1.29 is 15.0 Å². The minimum atomic E-state index is -0.949. The van der Waals surface area contributed by atoms with Gasteiger partial charge in [0.1, 0.15) is 5.69 Å². The van der Waals surface area contributed by atoms with E-state index in [0.29, 0.717) is 17.9 Å². The molecule has 4 saturated carbocycles. The molecule has 0 bridgehead atoms. The van der Waals surface area contributed by atoms with Crippen LogP contribution < -0.4 is 0 Å². The highest BCUT2D eigenvalue weighted by atomic mass is 16.4. The molecule has 3 N–H and O–H groups in total. The van der Waals surface area contributed by atoms with Crippen molar-refractivity contribution in [1.82, 2.24) is 10.2 Å². The molecule has 0 saturated heterocycles. The number of carboxylic acids is 1. The van der Waals surface area contributed by atoms with E-state index in [-0.39, 0.29) is 16.5 Å². The summed E-state index contributed by atoms with van der Waals surface area (Å²) in [5, 5.41) is 26.8. The molecule has 5 aliphatic carbocycles. The third-order valence-corrected chi connectivity index (χ3v) is 12.0. The van der Waals surface area contributed by atoms with Crippen molar-refractivity contribution in [1.29, 1.82) is 0 Å². The molecule has 8 atom stereocenters. The van der Waals surface area contributed by atoms with E-state index in [2.05, 4.69) is 37.0 Å². The zero-order valence-corrected chi connectivity index (χ0v) is 21.1. The van der Waals surface area contributed by atoms with Crippen molar-refractivity contribution in [2.24, 2.45) is 51.8 Å². The van der Waals surface area contributed by atoms with Gasteiger partial charge in [0.2, 0.25) is 0 Å². The van der Waals surface area contributed by atoms with Crippen molar-refractivity contribution in [3.8, 4) is 0 Å². The first-order valence-corrected chi connectivity index (χ1v) is 13.8. The van der Waals surface area contributed by atoms with Gasteiger partial charge in [0.05, 0.1) is 5.69 Å². The molecule has 4 fully saturated rings. The minimum absolute atomic E-state index is 0.0240. The summed E-state index contributed by atoms with van der Waals surface area (Å²) in [5.74, 6) is 3.72. The Labute approximate surface area is 203 Å². The first-order chi connectivity index (χ1) is 16.2. The quantitative estimate of drug-likeness (QED) is 0.497. The number of H-pyrrole nitrogens is 1. The number of carbonyl (C=O) groups is 1. The van der Waals surface area contributed by atoms with E-state index >= 15 is 0 Å². The number of aromatic amines is 1. The number of hydrogen-bond donors (Lipinski definition) is 3. The zero-order chi connectivity index (χ0) is 23.9.